The summed E-state index contributed by atoms with van der Waals surface area (Å²) >= 11 is 0. The number of aromatic nitrogens is 4. The van der Waals surface area contributed by atoms with Crippen LogP contribution in [0.1, 0.15) is 12.8 Å². The van der Waals surface area contributed by atoms with Crippen molar-refractivity contribution in [2.24, 2.45) is 0 Å². The third-order valence-corrected chi connectivity index (χ3v) is 3.94. The molecule has 0 bridgehead atoms. The molecule has 7 nitrogen and oxygen atoms in total. The topological polar surface area (TPSA) is 67.2 Å². The van der Waals surface area contributed by atoms with Crippen LogP contribution in [0.3, 0.4) is 0 Å². The van der Waals surface area contributed by atoms with E-state index in [2.05, 4.69) is 20.0 Å². The smallest absolute Gasteiger partial charge is 0.266 e. The van der Waals surface area contributed by atoms with Gasteiger partial charge in [-0.15, -0.1) is 0 Å². The molecule has 7 heteroatoms. The zero-order valence-corrected chi connectivity index (χ0v) is 12.9. The zero-order chi connectivity index (χ0) is 15.5. The van der Waals surface area contributed by atoms with Gasteiger partial charge >= 0.3 is 0 Å². The van der Waals surface area contributed by atoms with E-state index >= 15 is 0 Å². The largest absolute Gasteiger partial charge is 0.363 e. The molecule has 1 unspecified atom stereocenters. The molecule has 1 saturated heterocycles. The summed E-state index contributed by atoms with van der Waals surface area (Å²) in [5, 5.41) is 4.15. The van der Waals surface area contributed by atoms with Gasteiger partial charge < -0.3 is 9.80 Å². The van der Waals surface area contributed by atoms with Crippen LogP contribution in [0.4, 0.5) is 11.6 Å². The molecule has 0 N–H and O–H groups in total. The second-order valence-corrected chi connectivity index (χ2v) is 5.66. The van der Waals surface area contributed by atoms with Crippen LogP contribution in [0.25, 0.3) is 0 Å². The van der Waals surface area contributed by atoms with Crippen LogP contribution >= 0.6 is 0 Å². The molecule has 1 aliphatic rings. The van der Waals surface area contributed by atoms with E-state index < -0.39 is 0 Å². The van der Waals surface area contributed by atoms with Crippen molar-refractivity contribution in [3.8, 4) is 0 Å². The first-order valence-electron chi connectivity index (χ1n) is 7.43. The summed E-state index contributed by atoms with van der Waals surface area (Å²) in [5.41, 5.74) is -0.0639. The van der Waals surface area contributed by atoms with Crippen molar-refractivity contribution in [3.63, 3.8) is 0 Å². The average Bonchev–Trinajstić information content (AvgIpc) is 2.98. The number of hydrogen-bond acceptors (Lipinski definition) is 6. The molecular formula is C15H20N6O. The highest BCUT2D eigenvalue weighted by Gasteiger charge is 2.27. The van der Waals surface area contributed by atoms with Crippen molar-refractivity contribution >= 4 is 11.6 Å². The lowest BCUT2D eigenvalue weighted by atomic mass is 10.2. The highest BCUT2D eigenvalue weighted by atomic mass is 16.1. The monoisotopic (exact) mass is 300 g/mol. The van der Waals surface area contributed by atoms with Crippen molar-refractivity contribution in [2.75, 3.05) is 30.4 Å². The van der Waals surface area contributed by atoms with E-state index in [0.717, 1.165) is 31.0 Å². The van der Waals surface area contributed by atoms with Gasteiger partial charge in [0.2, 0.25) is 0 Å². The van der Waals surface area contributed by atoms with Crippen LogP contribution < -0.4 is 15.4 Å². The summed E-state index contributed by atoms with van der Waals surface area (Å²) in [4.78, 5) is 24.7. The second kappa shape index (κ2) is 6.13. The van der Waals surface area contributed by atoms with Gasteiger partial charge in [-0.1, -0.05) is 0 Å². The molecule has 3 heterocycles. The minimum absolute atomic E-state index is 0.0639. The standard InChI is InChI=1S/C15H20N6O/c1-19(2)13-9-14(17-11-16-13)20-8-4-5-12(20)10-21-15(22)6-3-7-18-21/h3,6-7,9,11-12H,4-5,8,10H2,1-2H3. The normalized spacial score (nSPS) is 17.7. The molecule has 116 valence electrons. The predicted octanol–water partition coefficient (Wildman–Crippen LogP) is 0.768. The van der Waals surface area contributed by atoms with Crippen LogP contribution in [0.2, 0.25) is 0 Å². The van der Waals surface area contributed by atoms with Crippen molar-refractivity contribution in [1.29, 1.82) is 0 Å². The highest BCUT2D eigenvalue weighted by Crippen LogP contribution is 2.26. The Morgan fingerprint density at radius 1 is 1.36 bits per heavy atom. The molecule has 2 aromatic rings. The summed E-state index contributed by atoms with van der Waals surface area (Å²) in [7, 11) is 3.92. The zero-order valence-electron chi connectivity index (χ0n) is 12.9. The van der Waals surface area contributed by atoms with E-state index in [1.807, 2.05) is 25.1 Å². The fraction of sp³-hybridized carbons (Fsp3) is 0.467. The van der Waals surface area contributed by atoms with Crippen LogP contribution in [0.5, 0.6) is 0 Å². The minimum Gasteiger partial charge on any atom is -0.363 e. The van der Waals surface area contributed by atoms with E-state index in [1.165, 1.54) is 4.68 Å². The van der Waals surface area contributed by atoms with Gasteiger partial charge in [-0.05, 0) is 18.9 Å². The molecule has 22 heavy (non-hydrogen) atoms. The minimum atomic E-state index is -0.0639. The van der Waals surface area contributed by atoms with E-state index in [-0.39, 0.29) is 11.6 Å². The van der Waals surface area contributed by atoms with Crippen molar-refractivity contribution < 1.29 is 0 Å². The maximum atomic E-state index is 11.8. The van der Waals surface area contributed by atoms with Gasteiger partial charge in [0.15, 0.2) is 0 Å². The summed E-state index contributed by atoms with van der Waals surface area (Å²) in [5.74, 6) is 1.79. The molecule has 1 atom stereocenters. The van der Waals surface area contributed by atoms with Crippen molar-refractivity contribution in [1.82, 2.24) is 19.7 Å². The van der Waals surface area contributed by atoms with Gasteiger partial charge in [0.05, 0.1) is 12.6 Å². The predicted molar refractivity (Wildman–Crippen MR) is 85.2 cm³/mol. The third-order valence-electron chi connectivity index (χ3n) is 3.94. The van der Waals surface area contributed by atoms with E-state index in [1.54, 1.807) is 24.7 Å². The number of anilines is 2. The van der Waals surface area contributed by atoms with E-state index in [4.69, 9.17) is 0 Å². The van der Waals surface area contributed by atoms with Gasteiger partial charge in [0.1, 0.15) is 18.0 Å². The van der Waals surface area contributed by atoms with Gasteiger partial charge in [0.25, 0.3) is 5.56 Å². The Hall–Kier alpha value is -2.44. The summed E-state index contributed by atoms with van der Waals surface area (Å²) < 4.78 is 1.52. The average molecular weight is 300 g/mol. The molecule has 1 aliphatic heterocycles. The molecule has 2 aromatic heterocycles. The fourth-order valence-corrected chi connectivity index (χ4v) is 2.79. The molecule has 0 saturated carbocycles. The lowest BCUT2D eigenvalue weighted by Crippen LogP contribution is -2.37. The van der Waals surface area contributed by atoms with Gasteiger partial charge in [0, 0.05) is 39.0 Å². The Balaban J connectivity index is 1.83. The molecule has 0 radical (unpaired) electrons. The summed E-state index contributed by atoms with van der Waals surface area (Å²) in [6, 6.07) is 5.43. The highest BCUT2D eigenvalue weighted by molar-refractivity contribution is 5.50. The van der Waals surface area contributed by atoms with Crippen LogP contribution in [0, 0.1) is 0 Å². The first-order chi connectivity index (χ1) is 10.6. The van der Waals surface area contributed by atoms with E-state index in [0.29, 0.717) is 6.54 Å². The van der Waals surface area contributed by atoms with Gasteiger partial charge in [-0.3, -0.25) is 4.79 Å². The maximum Gasteiger partial charge on any atom is 0.266 e. The Labute approximate surface area is 129 Å². The Kier molecular flexibility index (Phi) is 4.04. The van der Waals surface area contributed by atoms with E-state index in [9.17, 15) is 4.79 Å². The Morgan fingerprint density at radius 3 is 3.00 bits per heavy atom. The van der Waals surface area contributed by atoms with Gasteiger partial charge in [-0.25, -0.2) is 14.6 Å². The first kappa shape index (κ1) is 14.5. The SMILES string of the molecule is CN(C)c1cc(N2CCCC2Cn2ncccc2=O)ncn1. The Morgan fingerprint density at radius 2 is 2.23 bits per heavy atom. The summed E-state index contributed by atoms with van der Waals surface area (Å²) in [6.45, 7) is 1.52. The van der Waals surface area contributed by atoms with Crippen LogP contribution in [-0.2, 0) is 6.54 Å². The maximum absolute atomic E-state index is 11.8. The van der Waals surface area contributed by atoms with Crippen molar-refractivity contribution in [2.45, 2.75) is 25.4 Å². The number of nitrogens with zero attached hydrogens (tertiary/aromatic N) is 6. The molecule has 3 rings (SSSR count). The molecule has 1 fully saturated rings. The number of hydrogen-bond donors (Lipinski definition) is 0. The molecular weight excluding hydrogens is 280 g/mol. The Bertz CT molecular complexity index is 698. The summed E-state index contributed by atoms with van der Waals surface area (Å²) in [6.07, 6.45) is 5.36. The quantitative estimate of drug-likeness (QED) is 0.831. The van der Waals surface area contributed by atoms with Crippen LogP contribution in [-0.4, -0.2) is 46.4 Å². The molecule has 0 aliphatic carbocycles. The van der Waals surface area contributed by atoms with Crippen LogP contribution in [0.15, 0.2) is 35.5 Å². The third kappa shape index (κ3) is 2.93. The first-order valence-corrected chi connectivity index (χ1v) is 7.43. The molecule has 0 aromatic carbocycles. The second-order valence-electron chi connectivity index (χ2n) is 5.66. The molecule has 0 spiro atoms. The molecule has 0 amide bonds. The number of rotatable bonds is 4. The van der Waals surface area contributed by atoms with Gasteiger partial charge in [-0.2, -0.15) is 5.10 Å². The van der Waals surface area contributed by atoms with Crippen molar-refractivity contribution in [3.05, 3.63) is 41.1 Å². The lowest BCUT2D eigenvalue weighted by Gasteiger charge is -2.26. The lowest BCUT2D eigenvalue weighted by molar-refractivity contribution is 0.487. The fourth-order valence-electron chi connectivity index (χ4n) is 2.79.